The SMILES string of the molecule is Cn1c(SCC(=O)Nc2cccc(F)c2)nc2sccc2c1=O. The van der Waals surface area contributed by atoms with Gasteiger partial charge in [0.05, 0.1) is 11.1 Å². The Morgan fingerprint density at radius 2 is 2.26 bits per heavy atom. The Labute approximate surface area is 139 Å². The summed E-state index contributed by atoms with van der Waals surface area (Å²) >= 11 is 2.55. The molecule has 0 fully saturated rings. The Hall–Kier alpha value is -2.19. The van der Waals surface area contributed by atoms with Gasteiger partial charge in [-0.25, -0.2) is 9.37 Å². The smallest absolute Gasteiger partial charge is 0.262 e. The van der Waals surface area contributed by atoms with Crippen LogP contribution in [0.25, 0.3) is 10.2 Å². The third-order valence-corrected chi connectivity index (χ3v) is 4.94. The van der Waals surface area contributed by atoms with Crippen LogP contribution < -0.4 is 10.9 Å². The number of thiophene rings is 1. The number of fused-ring (bicyclic) bond motifs is 1. The van der Waals surface area contributed by atoms with Gasteiger partial charge in [0.2, 0.25) is 5.91 Å². The molecule has 0 atom stereocenters. The van der Waals surface area contributed by atoms with Gasteiger partial charge in [-0.1, -0.05) is 17.8 Å². The first kappa shape index (κ1) is 15.7. The first-order chi connectivity index (χ1) is 11.0. The van der Waals surface area contributed by atoms with Crippen molar-refractivity contribution in [2.75, 3.05) is 11.1 Å². The minimum Gasteiger partial charge on any atom is -0.325 e. The van der Waals surface area contributed by atoms with Crippen LogP contribution in [0.4, 0.5) is 10.1 Å². The standard InChI is InChI=1S/C15H12FN3O2S2/c1-19-14(21)11-5-6-22-13(11)18-15(19)23-8-12(20)17-10-4-2-3-9(16)7-10/h2-7H,8H2,1H3,(H,17,20). The number of carbonyl (C=O) groups excluding carboxylic acids is 1. The van der Waals surface area contributed by atoms with Crippen LogP contribution in [0.15, 0.2) is 45.7 Å². The molecule has 3 rings (SSSR count). The van der Waals surface area contributed by atoms with Gasteiger partial charge in [-0.05, 0) is 29.6 Å². The van der Waals surface area contributed by atoms with Gasteiger partial charge >= 0.3 is 0 Å². The molecule has 0 aliphatic carbocycles. The number of hydrogen-bond donors (Lipinski definition) is 1. The second-order valence-electron chi connectivity index (χ2n) is 4.75. The Balaban J connectivity index is 1.72. The summed E-state index contributed by atoms with van der Waals surface area (Å²) in [4.78, 5) is 29.1. The molecule has 1 amide bonds. The molecule has 2 aromatic heterocycles. The fraction of sp³-hybridized carbons (Fsp3) is 0.133. The predicted molar refractivity (Wildman–Crippen MR) is 90.6 cm³/mol. The summed E-state index contributed by atoms with van der Waals surface area (Å²) in [6, 6.07) is 7.42. The van der Waals surface area contributed by atoms with Crippen LogP contribution in [0.5, 0.6) is 0 Å². The third kappa shape index (κ3) is 3.43. The Morgan fingerprint density at radius 1 is 1.43 bits per heavy atom. The summed E-state index contributed by atoms with van der Waals surface area (Å²) in [6.07, 6.45) is 0. The summed E-state index contributed by atoms with van der Waals surface area (Å²) in [6.45, 7) is 0. The third-order valence-electron chi connectivity index (χ3n) is 3.10. The maximum atomic E-state index is 13.1. The molecule has 23 heavy (non-hydrogen) atoms. The molecule has 3 aromatic rings. The van der Waals surface area contributed by atoms with Gasteiger partial charge in [0.25, 0.3) is 5.56 Å². The second kappa shape index (κ2) is 6.51. The van der Waals surface area contributed by atoms with Gasteiger partial charge in [-0.2, -0.15) is 0 Å². The van der Waals surface area contributed by atoms with Gasteiger partial charge in [0.1, 0.15) is 10.6 Å². The number of amides is 1. The normalized spacial score (nSPS) is 10.9. The summed E-state index contributed by atoms with van der Waals surface area (Å²) in [5, 5.41) is 5.46. The molecule has 5 nitrogen and oxygen atoms in total. The average molecular weight is 349 g/mol. The van der Waals surface area contributed by atoms with Crippen molar-refractivity contribution in [2.24, 2.45) is 7.05 Å². The zero-order chi connectivity index (χ0) is 16.4. The van der Waals surface area contributed by atoms with Crippen LogP contribution in [0.3, 0.4) is 0 Å². The Morgan fingerprint density at radius 3 is 3.04 bits per heavy atom. The molecule has 0 bridgehead atoms. The number of rotatable bonds is 4. The highest BCUT2D eigenvalue weighted by Crippen LogP contribution is 2.20. The van der Waals surface area contributed by atoms with Crippen LogP contribution in [0.1, 0.15) is 0 Å². The lowest BCUT2D eigenvalue weighted by Gasteiger charge is -2.08. The molecular formula is C15H12FN3O2S2. The minimum atomic E-state index is -0.414. The molecule has 0 saturated carbocycles. The number of anilines is 1. The molecule has 0 spiro atoms. The first-order valence-electron chi connectivity index (χ1n) is 6.67. The number of halogens is 1. The van der Waals surface area contributed by atoms with Crippen molar-refractivity contribution in [3.8, 4) is 0 Å². The van der Waals surface area contributed by atoms with E-state index in [0.717, 1.165) is 11.8 Å². The lowest BCUT2D eigenvalue weighted by molar-refractivity contribution is -0.113. The molecule has 0 saturated heterocycles. The van der Waals surface area contributed by atoms with Crippen molar-refractivity contribution in [1.82, 2.24) is 9.55 Å². The van der Waals surface area contributed by atoms with E-state index in [1.807, 2.05) is 5.38 Å². The molecule has 1 N–H and O–H groups in total. The minimum absolute atomic E-state index is 0.0771. The number of nitrogens with one attached hydrogen (secondary N) is 1. The predicted octanol–water partition coefficient (Wildman–Crippen LogP) is 2.86. The molecule has 0 unspecified atom stereocenters. The quantitative estimate of drug-likeness (QED) is 0.581. The maximum absolute atomic E-state index is 13.1. The average Bonchev–Trinajstić information content (AvgIpc) is 2.98. The molecule has 118 valence electrons. The van der Waals surface area contributed by atoms with Gasteiger partial charge in [0.15, 0.2) is 5.16 Å². The van der Waals surface area contributed by atoms with E-state index in [4.69, 9.17) is 0 Å². The number of benzene rings is 1. The van der Waals surface area contributed by atoms with Crippen molar-refractivity contribution < 1.29 is 9.18 Å². The zero-order valence-electron chi connectivity index (χ0n) is 12.1. The zero-order valence-corrected chi connectivity index (χ0v) is 13.7. The lowest BCUT2D eigenvalue weighted by atomic mass is 10.3. The van der Waals surface area contributed by atoms with E-state index in [2.05, 4.69) is 10.3 Å². The van der Waals surface area contributed by atoms with E-state index in [-0.39, 0.29) is 17.2 Å². The largest absolute Gasteiger partial charge is 0.325 e. The van der Waals surface area contributed by atoms with Crippen molar-refractivity contribution >= 4 is 44.9 Å². The summed E-state index contributed by atoms with van der Waals surface area (Å²) in [5.74, 6) is -0.628. The van der Waals surface area contributed by atoms with Gasteiger partial charge in [0, 0.05) is 12.7 Å². The second-order valence-corrected chi connectivity index (χ2v) is 6.58. The van der Waals surface area contributed by atoms with E-state index < -0.39 is 5.82 Å². The summed E-state index contributed by atoms with van der Waals surface area (Å²) in [5.41, 5.74) is 0.260. The lowest BCUT2D eigenvalue weighted by Crippen LogP contribution is -2.20. The number of hydrogen-bond acceptors (Lipinski definition) is 5. The van der Waals surface area contributed by atoms with Gasteiger partial charge in [-0.15, -0.1) is 11.3 Å². The van der Waals surface area contributed by atoms with Crippen LogP contribution in [0, 0.1) is 5.82 Å². The Kier molecular flexibility index (Phi) is 4.44. The highest BCUT2D eigenvalue weighted by Gasteiger charge is 2.12. The van der Waals surface area contributed by atoms with E-state index in [0.29, 0.717) is 21.1 Å². The number of aromatic nitrogens is 2. The van der Waals surface area contributed by atoms with Gasteiger partial charge in [-0.3, -0.25) is 14.2 Å². The van der Waals surface area contributed by atoms with E-state index >= 15 is 0 Å². The fourth-order valence-corrected chi connectivity index (χ4v) is 3.58. The Bertz CT molecular complexity index is 936. The monoisotopic (exact) mass is 349 g/mol. The maximum Gasteiger partial charge on any atom is 0.262 e. The van der Waals surface area contributed by atoms with E-state index in [1.54, 1.807) is 19.2 Å². The number of nitrogens with zero attached hydrogens (tertiary/aromatic N) is 2. The fourth-order valence-electron chi connectivity index (χ4n) is 2.00. The molecule has 2 heterocycles. The first-order valence-corrected chi connectivity index (χ1v) is 8.53. The van der Waals surface area contributed by atoms with Crippen LogP contribution in [-0.2, 0) is 11.8 Å². The molecule has 0 radical (unpaired) electrons. The van der Waals surface area contributed by atoms with Crippen LogP contribution >= 0.6 is 23.1 Å². The molecule has 0 aliphatic heterocycles. The van der Waals surface area contributed by atoms with Crippen molar-refractivity contribution in [1.29, 1.82) is 0 Å². The van der Waals surface area contributed by atoms with Crippen LogP contribution in [0.2, 0.25) is 0 Å². The van der Waals surface area contributed by atoms with Crippen LogP contribution in [-0.4, -0.2) is 21.2 Å². The van der Waals surface area contributed by atoms with Gasteiger partial charge < -0.3 is 5.32 Å². The number of carbonyl (C=O) groups is 1. The number of thioether (sulfide) groups is 1. The van der Waals surface area contributed by atoms with Crippen molar-refractivity contribution in [3.63, 3.8) is 0 Å². The van der Waals surface area contributed by atoms with Crippen molar-refractivity contribution in [3.05, 3.63) is 51.9 Å². The molecule has 0 aliphatic rings. The van der Waals surface area contributed by atoms with E-state index in [1.165, 1.54) is 34.1 Å². The molecular weight excluding hydrogens is 337 g/mol. The van der Waals surface area contributed by atoms with Crippen molar-refractivity contribution in [2.45, 2.75) is 5.16 Å². The molecule has 1 aromatic carbocycles. The van der Waals surface area contributed by atoms with E-state index in [9.17, 15) is 14.0 Å². The summed E-state index contributed by atoms with van der Waals surface area (Å²) in [7, 11) is 1.62. The topological polar surface area (TPSA) is 64.0 Å². The highest BCUT2D eigenvalue weighted by molar-refractivity contribution is 7.99. The molecule has 8 heteroatoms. The highest BCUT2D eigenvalue weighted by atomic mass is 32.2. The summed E-state index contributed by atoms with van der Waals surface area (Å²) < 4.78 is 14.5.